The van der Waals surface area contributed by atoms with E-state index in [1.165, 1.54) is 0 Å². The fraction of sp³-hybridized carbons (Fsp3) is 0.286. The summed E-state index contributed by atoms with van der Waals surface area (Å²) in [4.78, 5) is 24.2. The zero-order valence-corrected chi connectivity index (χ0v) is 15.3. The predicted molar refractivity (Wildman–Crippen MR) is 106 cm³/mol. The van der Waals surface area contributed by atoms with Gasteiger partial charge < -0.3 is 15.0 Å². The second-order valence-corrected chi connectivity index (χ2v) is 6.69. The van der Waals surface area contributed by atoms with E-state index in [0.717, 1.165) is 36.2 Å². The van der Waals surface area contributed by atoms with Crippen LogP contribution in [-0.2, 0) is 4.79 Å². The summed E-state index contributed by atoms with van der Waals surface area (Å²) in [6, 6.07) is 15.3. The first-order chi connectivity index (χ1) is 13.2. The number of carbonyl (C=O) groups is 1. The molecule has 1 N–H and O–H groups in total. The molecule has 0 aliphatic carbocycles. The molecule has 4 rings (SSSR count). The van der Waals surface area contributed by atoms with Crippen LogP contribution in [0.1, 0.15) is 12.8 Å². The number of aromatic nitrogens is 2. The molecule has 6 nitrogen and oxygen atoms in total. The highest BCUT2D eigenvalue weighted by molar-refractivity contribution is 5.94. The van der Waals surface area contributed by atoms with Crippen molar-refractivity contribution in [3.05, 3.63) is 54.7 Å². The average molecular weight is 362 g/mol. The van der Waals surface area contributed by atoms with Crippen molar-refractivity contribution in [2.75, 3.05) is 30.4 Å². The fourth-order valence-electron chi connectivity index (χ4n) is 3.48. The van der Waals surface area contributed by atoms with Gasteiger partial charge in [0.2, 0.25) is 5.91 Å². The Morgan fingerprint density at radius 1 is 1.15 bits per heavy atom. The number of anilines is 2. The molecule has 0 unspecified atom stereocenters. The highest BCUT2D eigenvalue weighted by Gasteiger charge is 2.27. The molecule has 6 heteroatoms. The molecule has 1 fully saturated rings. The van der Waals surface area contributed by atoms with Gasteiger partial charge in [-0.15, -0.1) is 0 Å². The van der Waals surface area contributed by atoms with E-state index in [9.17, 15) is 4.79 Å². The molecule has 1 atom stereocenters. The van der Waals surface area contributed by atoms with Gasteiger partial charge in [-0.2, -0.15) is 0 Å². The summed E-state index contributed by atoms with van der Waals surface area (Å²) in [5.74, 6) is 1.40. The Morgan fingerprint density at radius 3 is 2.78 bits per heavy atom. The number of nitrogens with one attached hydrogen (secondary N) is 1. The maximum atomic E-state index is 12.8. The first-order valence-electron chi connectivity index (χ1n) is 9.15. The Balaban J connectivity index is 1.49. The number of benzene rings is 2. The lowest BCUT2D eigenvalue weighted by atomic mass is 9.97. The van der Waals surface area contributed by atoms with E-state index in [1.54, 1.807) is 13.3 Å². The van der Waals surface area contributed by atoms with Crippen molar-refractivity contribution in [3.8, 4) is 5.75 Å². The highest BCUT2D eigenvalue weighted by atomic mass is 16.5. The number of nitrogens with zero attached hydrogens (tertiary/aromatic N) is 3. The van der Waals surface area contributed by atoms with Crippen molar-refractivity contribution >= 4 is 28.4 Å². The zero-order chi connectivity index (χ0) is 18.6. The molecule has 0 bridgehead atoms. The monoisotopic (exact) mass is 362 g/mol. The molecule has 2 heterocycles. The molecule has 0 radical (unpaired) electrons. The number of ether oxygens (including phenoxy) is 1. The van der Waals surface area contributed by atoms with E-state index < -0.39 is 0 Å². The van der Waals surface area contributed by atoms with Crippen LogP contribution in [0, 0.1) is 5.92 Å². The van der Waals surface area contributed by atoms with Crippen LogP contribution in [-0.4, -0.2) is 36.1 Å². The van der Waals surface area contributed by atoms with E-state index in [4.69, 9.17) is 9.72 Å². The van der Waals surface area contributed by atoms with Crippen LogP contribution in [0.3, 0.4) is 0 Å². The van der Waals surface area contributed by atoms with Crippen molar-refractivity contribution in [2.45, 2.75) is 12.8 Å². The number of piperidine rings is 1. The quantitative estimate of drug-likeness (QED) is 0.769. The Kier molecular flexibility index (Phi) is 4.87. The van der Waals surface area contributed by atoms with E-state index in [1.807, 2.05) is 48.5 Å². The minimum absolute atomic E-state index is 0.0120. The summed E-state index contributed by atoms with van der Waals surface area (Å²) in [5, 5.41) is 3.01. The maximum Gasteiger partial charge on any atom is 0.229 e. The van der Waals surface area contributed by atoms with Crippen molar-refractivity contribution in [2.24, 2.45) is 5.92 Å². The van der Waals surface area contributed by atoms with E-state index >= 15 is 0 Å². The van der Waals surface area contributed by atoms with Crippen LogP contribution in [0.15, 0.2) is 54.7 Å². The molecule has 3 aromatic rings. The van der Waals surface area contributed by atoms with Crippen LogP contribution in [0.2, 0.25) is 0 Å². The van der Waals surface area contributed by atoms with Gasteiger partial charge in [-0.1, -0.05) is 24.3 Å². The molecular weight excluding hydrogens is 340 g/mol. The first-order valence-corrected chi connectivity index (χ1v) is 9.15. The molecule has 1 saturated heterocycles. The first kappa shape index (κ1) is 17.3. The fourth-order valence-corrected chi connectivity index (χ4v) is 3.48. The van der Waals surface area contributed by atoms with Crippen LogP contribution < -0.4 is 15.0 Å². The van der Waals surface area contributed by atoms with Gasteiger partial charge in [-0.25, -0.2) is 4.98 Å². The van der Waals surface area contributed by atoms with Crippen molar-refractivity contribution < 1.29 is 9.53 Å². The summed E-state index contributed by atoms with van der Waals surface area (Å²) < 4.78 is 5.32. The third-order valence-electron chi connectivity index (χ3n) is 4.92. The highest BCUT2D eigenvalue weighted by Crippen LogP contribution is 2.27. The number of carbonyl (C=O) groups excluding carboxylic acids is 1. The minimum atomic E-state index is -0.100. The number of rotatable bonds is 4. The summed E-state index contributed by atoms with van der Waals surface area (Å²) >= 11 is 0. The number of hydrogen-bond acceptors (Lipinski definition) is 5. The maximum absolute atomic E-state index is 12.8. The summed E-state index contributed by atoms with van der Waals surface area (Å²) in [7, 11) is 1.60. The van der Waals surface area contributed by atoms with Gasteiger partial charge in [0, 0.05) is 13.1 Å². The Hall–Kier alpha value is -3.15. The van der Waals surface area contributed by atoms with Crippen LogP contribution in [0.5, 0.6) is 5.75 Å². The lowest BCUT2D eigenvalue weighted by molar-refractivity contribution is -0.120. The molecule has 0 spiro atoms. The van der Waals surface area contributed by atoms with Crippen molar-refractivity contribution in [1.29, 1.82) is 0 Å². The largest absolute Gasteiger partial charge is 0.495 e. The minimum Gasteiger partial charge on any atom is -0.495 e. The number of methoxy groups -OCH3 is 1. The summed E-state index contributed by atoms with van der Waals surface area (Å²) in [6.45, 7) is 1.51. The van der Waals surface area contributed by atoms with Gasteiger partial charge in [-0.05, 0) is 37.1 Å². The van der Waals surface area contributed by atoms with Gasteiger partial charge in [0.1, 0.15) is 11.6 Å². The zero-order valence-electron chi connectivity index (χ0n) is 15.3. The number of fused-ring (bicyclic) bond motifs is 1. The topological polar surface area (TPSA) is 67.3 Å². The van der Waals surface area contributed by atoms with Crippen LogP contribution in [0.25, 0.3) is 11.0 Å². The number of hydrogen-bond donors (Lipinski definition) is 1. The lowest BCUT2D eigenvalue weighted by Crippen LogP contribution is -2.41. The molecule has 1 amide bonds. The molecule has 1 aliphatic rings. The number of para-hydroxylation sites is 4. The van der Waals surface area contributed by atoms with Gasteiger partial charge in [0.25, 0.3) is 0 Å². The number of amides is 1. The van der Waals surface area contributed by atoms with Gasteiger partial charge in [-0.3, -0.25) is 9.78 Å². The van der Waals surface area contributed by atoms with Gasteiger partial charge in [0.05, 0.1) is 35.9 Å². The molecule has 2 aromatic carbocycles. The summed E-state index contributed by atoms with van der Waals surface area (Å²) in [5.41, 5.74) is 2.45. The predicted octanol–water partition coefficient (Wildman–Crippen LogP) is 3.49. The standard InChI is InChI=1S/C21H22N4O2/c1-27-19-11-5-4-10-18(19)24-21(26)15-7-6-12-25(14-15)20-13-22-16-8-2-3-9-17(16)23-20/h2-5,8-11,13,15H,6-7,12,14H2,1H3,(H,24,26)/t15-/m1/s1. The second kappa shape index (κ2) is 7.61. The van der Waals surface area contributed by atoms with E-state index in [-0.39, 0.29) is 11.8 Å². The lowest BCUT2D eigenvalue weighted by Gasteiger charge is -2.32. The normalized spacial score (nSPS) is 16.9. The SMILES string of the molecule is COc1ccccc1NC(=O)[C@@H]1CCCN(c2cnc3ccccc3n2)C1. The third kappa shape index (κ3) is 3.69. The second-order valence-electron chi connectivity index (χ2n) is 6.69. The molecule has 0 saturated carbocycles. The van der Waals surface area contributed by atoms with Crippen molar-refractivity contribution in [3.63, 3.8) is 0 Å². The molecular formula is C21H22N4O2. The molecule has 138 valence electrons. The van der Waals surface area contributed by atoms with Crippen molar-refractivity contribution in [1.82, 2.24) is 9.97 Å². The molecule has 1 aliphatic heterocycles. The van der Waals surface area contributed by atoms with Crippen LogP contribution in [0.4, 0.5) is 11.5 Å². The third-order valence-corrected chi connectivity index (χ3v) is 4.92. The Bertz CT molecular complexity index is 960. The van der Waals surface area contributed by atoms with E-state index in [2.05, 4.69) is 15.2 Å². The Morgan fingerprint density at radius 2 is 1.93 bits per heavy atom. The van der Waals surface area contributed by atoms with Gasteiger partial charge >= 0.3 is 0 Å². The Labute approximate surface area is 158 Å². The molecule has 1 aromatic heterocycles. The summed E-state index contributed by atoms with van der Waals surface area (Å²) in [6.07, 6.45) is 3.60. The van der Waals surface area contributed by atoms with Crippen LogP contribution >= 0.6 is 0 Å². The van der Waals surface area contributed by atoms with Gasteiger partial charge in [0.15, 0.2) is 0 Å². The average Bonchev–Trinajstić information content (AvgIpc) is 2.74. The smallest absolute Gasteiger partial charge is 0.229 e. The van der Waals surface area contributed by atoms with E-state index in [0.29, 0.717) is 18.0 Å². The molecule has 27 heavy (non-hydrogen) atoms.